The van der Waals surface area contributed by atoms with Crippen molar-refractivity contribution in [1.82, 2.24) is 9.47 Å². The van der Waals surface area contributed by atoms with Gasteiger partial charge in [0, 0.05) is 30.2 Å². The Labute approximate surface area is 230 Å². The second-order valence-corrected chi connectivity index (χ2v) is 10.9. The number of para-hydroxylation sites is 1. The van der Waals surface area contributed by atoms with Crippen LogP contribution in [-0.4, -0.2) is 27.2 Å². The number of nitrogens with zero attached hydrogens (tertiary/aromatic N) is 2. The summed E-state index contributed by atoms with van der Waals surface area (Å²) in [5.41, 5.74) is 5.48. The highest BCUT2D eigenvalue weighted by Crippen LogP contribution is 2.35. The second-order valence-electron chi connectivity index (χ2n) is 9.05. The molecule has 188 valence electrons. The summed E-state index contributed by atoms with van der Waals surface area (Å²) in [7, 11) is 0. The smallest absolute Gasteiger partial charge is 0.293 e. The van der Waals surface area contributed by atoms with Crippen molar-refractivity contribution >= 4 is 63.1 Å². The first-order valence-corrected chi connectivity index (χ1v) is 13.9. The normalized spacial score (nSPS) is 14.9. The number of carbonyl (C=O) groups excluding carboxylic acids is 2. The lowest BCUT2D eigenvalue weighted by Crippen LogP contribution is -2.29. The van der Waals surface area contributed by atoms with Crippen LogP contribution in [-0.2, 0) is 24.2 Å². The molecule has 0 radical (unpaired) electrons. The molecule has 0 saturated carbocycles. The molecule has 1 aromatic heterocycles. The third-order valence-corrected chi connectivity index (χ3v) is 8.23. The van der Waals surface area contributed by atoms with Crippen molar-refractivity contribution in [2.24, 2.45) is 0 Å². The van der Waals surface area contributed by atoms with Gasteiger partial charge in [-0.2, -0.15) is 0 Å². The Kier molecular flexibility index (Phi) is 7.75. The minimum atomic E-state index is -0.222. The number of thioether (sulfide) groups is 1. The Hall–Kier alpha value is -2.99. The van der Waals surface area contributed by atoms with Gasteiger partial charge in [0.15, 0.2) is 0 Å². The highest BCUT2D eigenvalue weighted by molar-refractivity contribution is 8.18. The lowest BCUT2D eigenvalue weighted by atomic mass is 10.1. The van der Waals surface area contributed by atoms with Crippen molar-refractivity contribution in [3.8, 4) is 0 Å². The highest BCUT2D eigenvalue weighted by Gasteiger charge is 2.34. The number of hydrogen-bond acceptors (Lipinski definition) is 3. The van der Waals surface area contributed by atoms with Gasteiger partial charge in [0.25, 0.3) is 11.1 Å². The van der Waals surface area contributed by atoms with E-state index in [9.17, 15) is 9.59 Å². The van der Waals surface area contributed by atoms with Crippen molar-refractivity contribution < 1.29 is 9.59 Å². The Morgan fingerprint density at radius 1 is 0.919 bits per heavy atom. The average Bonchev–Trinajstić information content (AvgIpc) is 3.38. The maximum absolute atomic E-state index is 13.2. The van der Waals surface area contributed by atoms with Crippen molar-refractivity contribution in [3.05, 3.63) is 110 Å². The molecule has 0 atom stereocenters. The summed E-state index contributed by atoms with van der Waals surface area (Å²) < 4.78 is 2.18. The molecule has 3 aromatic carbocycles. The van der Waals surface area contributed by atoms with Crippen LogP contribution < -0.4 is 0 Å². The molecule has 0 bridgehead atoms. The van der Waals surface area contributed by atoms with Gasteiger partial charge in [0.1, 0.15) is 0 Å². The average molecular weight is 550 g/mol. The third-order valence-electron chi connectivity index (χ3n) is 6.58. The van der Waals surface area contributed by atoms with Crippen LogP contribution in [0.1, 0.15) is 35.6 Å². The van der Waals surface area contributed by atoms with E-state index >= 15 is 0 Å². The molecule has 1 fully saturated rings. The van der Waals surface area contributed by atoms with Gasteiger partial charge < -0.3 is 4.57 Å². The lowest BCUT2D eigenvalue weighted by molar-refractivity contribution is -0.122. The standard InChI is InChI=1S/C30H26Cl2N2O2S/c1-2-22-11-6-12-24-23(19-33(28(22)24)18-21-13-14-25(31)26(32)16-21)17-27-29(35)34(30(36)37-27)15-7-10-20-8-4-3-5-9-20/h3-6,8-9,11-14,16-17,19H,2,7,10,15,18H2,1H3/b27-17-. The SMILES string of the molecule is CCc1cccc2c(/C=C3\SC(=O)N(CCCc4ccccc4)C3=O)cn(Cc3ccc(Cl)c(Cl)c3)c12. The molecule has 37 heavy (non-hydrogen) atoms. The number of rotatable bonds is 8. The molecule has 4 aromatic rings. The monoisotopic (exact) mass is 548 g/mol. The number of imide groups is 1. The van der Waals surface area contributed by atoms with E-state index in [2.05, 4.69) is 42.0 Å². The van der Waals surface area contributed by atoms with E-state index in [1.165, 1.54) is 16.0 Å². The van der Waals surface area contributed by atoms with E-state index < -0.39 is 0 Å². The van der Waals surface area contributed by atoms with Crippen molar-refractivity contribution in [2.75, 3.05) is 6.54 Å². The van der Waals surface area contributed by atoms with Crippen molar-refractivity contribution in [2.45, 2.75) is 32.7 Å². The molecule has 4 nitrogen and oxygen atoms in total. The summed E-state index contributed by atoms with van der Waals surface area (Å²) in [6, 6.07) is 22.0. The van der Waals surface area contributed by atoms with Crippen molar-refractivity contribution in [1.29, 1.82) is 0 Å². The summed E-state index contributed by atoms with van der Waals surface area (Å²) in [6.45, 7) is 3.15. The molecular formula is C30H26Cl2N2O2S. The van der Waals surface area contributed by atoms with Gasteiger partial charge in [0.2, 0.25) is 0 Å². The first kappa shape index (κ1) is 25.7. The Balaban J connectivity index is 1.42. The lowest BCUT2D eigenvalue weighted by Gasteiger charge is -2.12. The van der Waals surface area contributed by atoms with E-state index in [1.54, 1.807) is 6.07 Å². The fraction of sp³-hybridized carbons (Fsp3) is 0.200. The maximum atomic E-state index is 13.2. The van der Waals surface area contributed by atoms with E-state index in [0.717, 1.165) is 53.1 Å². The number of aryl methyl sites for hydroxylation is 2. The van der Waals surface area contributed by atoms with Crippen LogP contribution in [0.25, 0.3) is 17.0 Å². The molecule has 1 aliphatic heterocycles. The van der Waals surface area contributed by atoms with Crippen LogP contribution in [0.2, 0.25) is 10.0 Å². The highest BCUT2D eigenvalue weighted by atomic mass is 35.5. The largest absolute Gasteiger partial charge is 0.342 e. The molecule has 1 saturated heterocycles. The van der Waals surface area contributed by atoms with Crippen LogP contribution in [0.15, 0.2) is 77.8 Å². The summed E-state index contributed by atoms with van der Waals surface area (Å²) in [5, 5.41) is 1.89. The number of halogens is 2. The summed E-state index contributed by atoms with van der Waals surface area (Å²) >= 11 is 13.4. The van der Waals surface area contributed by atoms with Crippen LogP contribution >= 0.6 is 35.0 Å². The predicted molar refractivity (Wildman–Crippen MR) is 154 cm³/mol. The minimum absolute atomic E-state index is 0.210. The summed E-state index contributed by atoms with van der Waals surface area (Å²) in [4.78, 5) is 27.7. The fourth-order valence-corrected chi connectivity index (χ4v) is 5.92. The van der Waals surface area contributed by atoms with Gasteiger partial charge in [-0.25, -0.2) is 0 Å². The van der Waals surface area contributed by atoms with E-state index in [1.807, 2.05) is 42.5 Å². The predicted octanol–water partition coefficient (Wildman–Crippen LogP) is 8.23. The van der Waals surface area contributed by atoms with Gasteiger partial charge in [-0.05, 0) is 65.9 Å². The topological polar surface area (TPSA) is 42.3 Å². The number of fused-ring (bicyclic) bond motifs is 1. The Morgan fingerprint density at radius 2 is 1.73 bits per heavy atom. The van der Waals surface area contributed by atoms with Gasteiger partial charge >= 0.3 is 0 Å². The first-order valence-electron chi connectivity index (χ1n) is 12.3. The quantitative estimate of drug-likeness (QED) is 0.208. The second kappa shape index (κ2) is 11.2. The number of aromatic nitrogens is 1. The van der Waals surface area contributed by atoms with Gasteiger partial charge in [0.05, 0.1) is 20.5 Å². The third kappa shape index (κ3) is 5.49. The Bertz CT molecular complexity index is 1510. The molecular weight excluding hydrogens is 523 g/mol. The molecule has 0 N–H and O–H groups in total. The van der Waals surface area contributed by atoms with Crippen LogP contribution in [0.4, 0.5) is 4.79 Å². The van der Waals surface area contributed by atoms with Crippen LogP contribution in [0.3, 0.4) is 0 Å². The molecule has 2 heterocycles. The van der Waals surface area contributed by atoms with E-state index in [-0.39, 0.29) is 11.1 Å². The molecule has 0 unspecified atom stereocenters. The van der Waals surface area contributed by atoms with E-state index in [4.69, 9.17) is 23.2 Å². The number of benzene rings is 3. The van der Waals surface area contributed by atoms with Gasteiger partial charge in [-0.3, -0.25) is 14.5 Å². The Morgan fingerprint density at radius 3 is 2.49 bits per heavy atom. The number of hydrogen-bond donors (Lipinski definition) is 0. The summed E-state index contributed by atoms with van der Waals surface area (Å²) in [5.74, 6) is -0.222. The maximum Gasteiger partial charge on any atom is 0.293 e. The fourth-order valence-electron chi connectivity index (χ4n) is 4.75. The molecule has 5 rings (SSSR count). The van der Waals surface area contributed by atoms with Gasteiger partial charge in [-0.15, -0.1) is 0 Å². The molecule has 1 aliphatic rings. The van der Waals surface area contributed by atoms with Gasteiger partial charge in [-0.1, -0.05) is 84.7 Å². The zero-order valence-electron chi connectivity index (χ0n) is 20.4. The zero-order chi connectivity index (χ0) is 25.9. The van der Waals surface area contributed by atoms with Crippen LogP contribution in [0, 0.1) is 0 Å². The van der Waals surface area contributed by atoms with Crippen molar-refractivity contribution in [3.63, 3.8) is 0 Å². The number of amides is 2. The summed E-state index contributed by atoms with van der Waals surface area (Å²) in [6.07, 6.45) is 6.34. The minimum Gasteiger partial charge on any atom is -0.342 e. The first-order chi connectivity index (χ1) is 17.9. The van der Waals surface area contributed by atoms with E-state index in [0.29, 0.717) is 28.0 Å². The zero-order valence-corrected chi connectivity index (χ0v) is 22.7. The number of carbonyl (C=O) groups is 2. The molecule has 2 amide bonds. The van der Waals surface area contributed by atoms with Crippen LogP contribution in [0.5, 0.6) is 0 Å². The molecule has 0 aliphatic carbocycles. The molecule has 7 heteroatoms. The molecule has 0 spiro atoms.